The fraction of sp³-hybridized carbons (Fsp3) is 0.889. The molecule has 0 spiro atoms. The summed E-state index contributed by atoms with van der Waals surface area (Å²) in [6, 6.07) is 0. The third-order valence-corrected chi connectivity index (χ3v) is 2.88. The van der Waals surface area contributed by atoms with Gasteiger partial charge < -0.3 is 9.64 Å². The number of carbonyl (C=O) groups excluding carboxylic acids is 1. The van der Waals surface area contributed by atoms with E-state index in [-0.39, 0.29) is 18.1 Å². The number of ether oxygens (including phenoxy) is 1. The number of rotatable bonds is 2. The van der Waals surface area contributed by atoms with Gasteiger partial charge in [0.1, 0.15) is 0 Å². The van der Waals surface area contributed by atoms with E-state index >= 15 is 0 Å². The number of alkyl halides is 1. The van der Waals surface area contributed by atoms with Gasteiger partial charge in [0, 0.05) is 24.8 Å². The molecule has 3 nitrogen and oxygen atoms in total. The Labute approximate surface area is 87.6 Å². The van der Waals surface area contributed by atoms with Crippen molar-refractivity contribution in [3.8, 4) is 0 Å². The molecule has 1 amide bonds. The van der Waals surface area contributed by atoms with Gasteiger partial charge in [-0.15, -0.1) is 0 Å². The van der Waals surface area contributed by atoms with Crippen LogP contribution in [0.1, 0.15) is 20.3 Å². The summed E-state index contributed by atoms with van der Waals surface area (Å²) in [7, 11) is 0. The Morgan fingerprint density at radius 1 is 1.62 bits per heavy atom. The highest BCUT2D eigenvalue weighted by Gasteiger charge is 2.26. The first-order valence-electron chi connectivity index (χ1n) is 4.66. The largest absolute Gasteiger partial charge is 0.371 e. The van der Waals surface area contributed by atoms with Crippen molar-refractivity contribution in [2.45, 2.75) is 32.5 Å². The van der Waals surface area contributed by atoms with Crippen LogP contribution in [0.4, 0.5) is 0 Å². The van der Waals surface area contributed by atoms with Crippen LogP contribution in [0.15, 0.2) is 0 Å². The summed E-state index contributed by atoms with van der Waals surface area (Å²) in [5, 5.41) is 0.796. The zero-order chi connectivity index (χ0) is 9.84. The van der Waals surface area contributed by atoms with Crippen molar-refractivity contribution >= 4 is 21.8 Å². The first-order valence-corrected chi connectivity index (χ1v) is 5.78. The second kappa shape index (κ2) is 4.96. The van der Waals surface area contributed by atoms with Crippen molar-refractivity contribution in [2.75, 3.05) is 18.4 Å². The minimum Gasteiger partial charge on any atom is -0.371 e. The number of halogens is 1. The highest BCUT2D eigenvalue weighted by atomic mass is 79.9. The standard InChI is InChI=1S/C9H16BrNO2/c1-3-9(12)11-5-7(2)13-8(4-10)6-11/h7-8H,3-6H2,1-2H3. The Kier molecular flexibility index (Phi) is 4.19. The molecule has 1 heterocycles. The molecule has 0 aromatic rings. The lowest BCUT2D eigenvalue weighted by Crippen LogP contribution is -2.49. The van der Waals surface area contributed by atoms with Crippen LogP contribution in [0.3, 0.4) is 0 Å². The molecule has 2 atom stereocenters. The molecular formula is C9H16BrNO2. The Morgan fingerprint density at radius 2 is 2.31 bits per heavy atom. The molecule has 0 saturated carbocycles. The second-order valence-corrected chi connectivity index (χ2v) is 4.02. The molecule has 1 rings (SSSR count). The summed E-state index contributed by atoms with van der Waals surface area (Å²) in [5.74, 6) is 0.223. The molecule has 0 radical (unpaired) electrons. The topological polar surface area (TPSA) is 29.5 Å². The van der Waals surface area contributed by atoms with E-state index in [0.29, 0.717) is 6.42 Å². The van der Waals surface area contributed by atoms with Crippen LogP contribution < -0.4 is 0 Å². The van der Waals surface area contributed by atoms with Gasteiger partial charge in [0.05, 0.1) is 12.2 Å². The SMILES string of the molecule is CCC(=O)N1CC(C)OC(CBr)C1. The quantitative estimate of drug-likeness (QED) is 0.693. The molecule has 0 bridgehead atoms. The van der Waals surface area contributed by atoms with Crippen LogP contribution in [0.25, 0.3) is 0 Å². The van der Waals surface area contributed by atoms with Crippen molar-refractivity contribution < 1.29 is 9.53 Å². The molecule has 0 aliphatic carbocycles. The molecule has 0 aromatic heterocycles. The van der Waals surface area contributed by atoms with Gasteiger partial charge in [-0.3, -0.25) is 4.79 Å². The first-order chi connectivity index (χ1) is 6.17. The van der Waals surface area contributed by atoms with Crippen LogP contribution >= 0.6 is 15.9 Å². The predicted molar refractivity (Wildman–Crippen MR) is 55.0 cm³/mol. The van der Waals surface area contributed by atoms with E-state index in [2.05, 4.69) is 15.9 Å². The summed E-state index contributed by atoms with van der Waals surface area (Å²) >= 11 is 3.37. The van der Waals surface area contributed by atoms with Crippen LogP contribution in [0, 0.1) is 0 Å². The fourth-order valence-corrected chi connectivity index (χ4v) is 1.92. The molecule has 1 saturated heterocycles. The van der Waals surface area contributed by atoms with Gasteiger partial charge in [0.2, 0.25) is 5.91 Å². The highest BCUT2D eigenvalue weighted by Crippen LogP contribution is 2.13. The van der Waals surface area contributed by atoms with Gasteiger partial charge in [0.25, 0.3) is 0 Å². The highest BCUT2D eigenvalue weighted by molar-refractivity contribution is 9.09. The smallest absolute Gasteiger partial charge is 0.222 e. The molecule has 0 aromatic carbocycles. The van der Waals surface area contributed by atoms with E-state index in [1.807, 2.05) is 18.7 Å². The van der Waals surface area contributed by atoms with E-state index in [9.17, 15) is 4.79 Å². The van der Waals surface area contributed by atoms with E-state index in [0.717, 1.165) is 18.4 Å². The monoisotopic (exact) mass is 249 g/mol. The number of nitrogens with zero attached hydrogens (tertiary/aromatic N) is 1. The molecular weight excluding hydrogens is 234 g/mol. The maximum Gasteiger partial charge on any atom is 0.222 e. The van der Waals surface area contributed by atoms with Crippen molar-refractivity contribution in [1.29, 1.82) is 0 Å². The lowest BCUT2D eigenvalue weighted by Gasteiger charge is -2.36. The Hall–Kier alpha value is -0.0900. The average molecular weight is 250 g/mol. The molecule has 1 aliphatic heterocycles. The molecule has 1 fully saturated rings. The van der Waals surface area contributed by atoms with E-state index in [4.69, 9.17) is 4.74 Å². The summed E-state index contributed by atoms with van der Waals surface area (Å²) in [6.07, 6.45) is 0.896. The zero-order valence-corrected chi connectivity index (χ0v) is 9.71. The summed E-state index contributed by atoms with van der Waals surface area (Å²) in [5.41, 5.74) is 0. The third-order valence-electron chi connectivity index (χ3n) is 2.15. The van der Waals surface area contributed by atoms with Gasteiger partial charge in [0.15, 0.2) is 0 Å². The fourth-order valence-electron chi connectivity index (χ4n) is 1.56. The van der Waals surface area contributed by atoms with Crippen LogP contribution in [0.2, 0.25) is 0 Å². The van der Waals surface area contributed by atoms with E-state index < -0.39 is 0 Å². The number of hydrogen-bond acceptors (Lipinski definition) is 2. The van der Waals surface area contributed by atoms with Crippen LogP contribution in [-0.2, 0) is 9.53 Å². The Balaban J connectivity index is 2.51. The Bertz CT molecular complexity index is 186. The van der Waals surface area contributed by atoms with Gasteiger partial charge >= 0.3 is 0 Å². The van der Waals surface area contributed by atoms with Gasteiger partial charge in [-0.05, 0) is 6.92 Å². The van der Waals surface area contributed by atoms with Crippen LogP contribution in [-0.4, -0.2) is 41.4 Å². The van der Waals surface area contributed by atoms with Gasteiger partial charge in [-0.2, -0.15) is 0 Å². The zero-order valence-electron chi connectivity index (χ0n) is 8.12. The van der Waals surface area contributed by atoms with Gasteiger partial charge in [-0.1, -0.05) is 22.9 Å². The number of carbonyl (C=O) groups is 1. The molecule has 4 heteroatoms. The first kappa shape index (κ1) is 11.0. The van der Waals surface area contributed by atoms with E-state index in [1.54, 1.807) is 0 Å². The van der Waals surface area contributed by atoms with Crippen molar-refractivity contribution in [1.82, 2.24) is 4.90 Å². The second-order valence-electron chi connectivity index (χ2n) is 3.38. The van der Waals surface area contributed by atoms with Crippen molar-refractivity contribution in [3.63, 3.8) is 0 Å². The maximum atomic E-state index is 11.4. The minimum atomic E-state index is 0.152. The molecule has 76 valence electrons. The number of amides is 1. The summed E-state index contributed by atoms with van der Waals surface area (Å²) in [6.45, 7) is 5.36. The number of hydrogen-bond donors (Lipinski definition) is 0. The molecule has 2 unspecified atom stereocenters. The van der Waals surface area contributed by atoms with Crippen LogP contribution in [0.5, 0.6) is 0 Å². The number of morpholine rings is 1. The molecule has 0 N–H and O–H groups in total. The van der Waals surface area contributed by atoms with Gasteiger partial charge in [-0.25, -0.2) is 0 Å². The molecule has 1 aliphatic rings. The Morgan fingerprint density at radius 3 is 2.85 bits per heavy atom. The minimum absolute atomic E-state index is 0.152. The van der Waals surface area contributed by atoms with Crippen molar-refractivity contribution in [2.24, 2.45) is 0 Å². The summed E-state index contributed by atoms with van der Waals surface area (Å²) < 4.78 is 5.62. The lowest BCUT2D eigenvalue weighted by atomic mass is 10.2. The average Bonchev–Trinajstić information content (AvgIpc) is 2.15. The normalized spacial score (nSPS) is 29.0. The summed E-state index contributed by atoms with van der Waals surface area (Å²) in [4.78, 5) is 13.3. The molecule has 13 heavy (non-hydrogen) atoms. The third kappa shape index (κ3) is 2.95. The maximum absolute atomic E-state index is 11.4. The predicted octanol–water partition coefficient (Wildman–Crippen LogP) is 1.41. The van der Waals surface area contributed by atoms with Crippen molar-refractivity contribution in [3.05, 3.63) is 0 Å². The van der Waals surface area contributed by atoms with E-state index in [1.165, 1.54) is 0 Å². The lowest BCUT2D eigenvalue weighted by molar-refractivity contribution is -0.142.